The van der Waals surface area contributed by atoms with Crippen molar-refractivity contribution in [3.05, 3.63) is 39.9 Å². The lowest BCUT2D eigenvalue weighted by molar-refractivity contribution is -0.0960. The monoisotopic (exact) mass is 334 g/mol. The Bertz CT molecular complexity index is 497. The van der Waals surface area contributed by atoms with E-state index in [1.165, 1.54) is 6.08 Å². The standard InChI is InChI=1S/C13H14BrF3N2/c14-12-9(2-1-3-11(12)18)8-19-6-4-10(5-7-19)13(15,16)17/h1-4H,5-8,18H2. The van der Waals surface area contributed by atoms with E-state index in [0.29, 0.717) is 25.3 Å². The number of nitrogens with zero attached hydrogens (tertiary/aromatic N) is 1. The number of nitrogens with two attached hydrogens (primary N) is 1. The van der Waals surface area contributed by atoms with Crippen LogP contribution in [0.2, 0.25) is 0 Å². The highest BCUT2D eigenvalue weighted by Crippen LogP contribution is 2.31. The zero-order valence-corrected chi connectivity index (χ0v) is 11.8. The van der Waals surface area contributed by atoms with E-state index in [4.69, 9.17) is 5.73 Å². The summed E-state index contributed by atoms with van der Waals surface area (Å²) < 4.78 is 38.3. The minimum atomic E-state index is -4.19. The molecule has 1 aliphatic rings. The fraction of sp³-hybridized carbons (Fsp3) is 0.385. The molecule has 0 saturated heterocycles. The molecule has 0 atom stereocenters. The number of benzene rings is 1. The van der Waals surface area contributed by atoms with Crippen molar-refractivity contribution in [1.29, 1.82) is 0 Å². The molecule has 19 heavy (non-hydrogen) atoms. The second-order valence-corrected chi connectivity index (χ2v) is 5.33. The first-order valence-corrected chi connectivity index (χ1v) is 6.68. The Balaban J connectivity index is 2.03. The summed E-state index contributed by atoms with van der Waals surface area (Å²) in [5.41, 5.74) is 6.99. The van der Waals surface area contributed by atoms with E-state index < -0.39 is 11.7 Å². The molecule has 0 fully saturated rings. The van der Waals surface area contributed by atoms with Gasteiger partial charge in [0.05, 0.1) is 0 Å². The topological polar surface area (TPSA) is 29.3 Å². The quantitative estimate of drug-likeness (QED) is 0.659. The maximum Gasteiger partial charge on any atom is 0.412 e. The van der Waals surface area contributed by atoms with Gasteiger partial charge in [-0.25, -0.2) is 0 Å². The number of anilines is 1. The molecule has 2 nitrogen and oxygen atoms in total. The summed E-state index contributed by atoms with van der Waals surface area (Å²) in [6.45, 7) is 1.32. The molecule has 1 aromatic carbocycles. The molecule has 0 radical (unpaired) electrons. The lowest BCUT2D eigenvalue weighted by Crippen LogP contribution is -2.31. The smallest absolute Gasteiger partial charge is 0.398 e. The number of hydrogen-bond acceptors (Lipinski definition) is 2. The molecule has 104 valence electrons. The average Bonchev–Trinajstić information content (AvgIpc) is 2.35. The highest BCUT2D eigenvalue weighted by Gasteiger charge is 2.34. The van der Waals surface area contributed by atoms with Crippen molar-refractivity contribution < 1.29 is 13.2 Å². The first-order valence-electron chi connectivity index (χ1n) is 5.89. The lowest BCUT2D eigenvalue weighted by Gasteiger charge is -2.27. The Morgan fingerprint density at radius 2 is 2.05 bits per heavy atom. The van der Waals surface area contributed by atoms with Crippen LogP contribution in [0.1, 0.15) is 12.0 Å². The summed E-state index contributed by atoms with van der Waals surface area (Å²) >= 11 is 3.40. The number of rotatable bonds is 2. The van der Waals surface area contributed by atoms with E-state index in [2.05, 4.69) is 15.9 Å². The van der Waals surface area contributed by atoms with Crippen LogP contribution in [-0.4, -0.2) is 24.2 Å². The molecule has 2 N–H and O–H groups in total. The Morgan fingerprint density at radius 3 is 2.63 bits per heavy atom. The van der Waals surface area contributed by atoms with Gasteiger partial charge in [-0.1, -0.05) is 18.2 Å². The van der Waals surface area contributed by atoms with Crippen molar-refractivity contribution in [3.63, 3.8) is 0 Å². The third-order valence-electron chi connectivity index (χ3n) is 3.16. The number of hydrogen-bond donors (Lipinski definition) is 1. The predicted molar refractivity (Wildman–Crippen MR) is 72.6 cm³/mol. The van der Waals surface area contributed by atoms with E-state index in [1.54, 1.807) is 6.07 Å². The van der Waals surface area contributed by atoms with Crippen LogP contribution in [0.15, 0.2) is 34.3 Å². The number of alkyl halides is 3. The average molecular weight is 335 g/mol. The van der Waals surface area contributed by atoms with E-state index >= 15 is 0 Å². The summed E-state index contributed by atoms with van der Waals surface area (Å²) in [7, 11) is 0. The summed E-state index contributed by atoms with van der Waals surface area (Å²) in [4.78, 5) is 1.97. The van der Waals surface area contributed by atoms with E-state index in [-0.39, 0.29) is 6.42 Å². The Morgan fingerprint density at radius 1 is 1.32 bits per heavy atom. The molecule has 2 rings (SSSR count). The van der Waals surface area contributed by atoms with Crippen molar-refractivity contribution in [2.45, 2.75) is 19.1 Å². The summed E-state index contributed by atoms with van der Waals surface area (Å²) in [5, 5.41) is 0. The first kappa shape index (κ1) is 14.4. The molecule has 0 aromatic heterocycles. The molecule has 0 bridgehead atoms. The van der Waals surface area contributed by atoms with Crippen molar-refractivity contribution in [3.8, 4) is 0 Å². The van der Waals surface area contributed by atoms with Crippen LogP contribution < -0.4 is 5.73 Å². The Hall–Kier alpha value is -1.01. The van der Waals surface area contributed by atoms with Crippen molar-refractivity contribution >= 4 is 21.6 Å². The van der Waals surface area contributed by atoms with Crippen LogP contribution in [0.5, 0.6) is 0 Å². The Kier molecular flexibility index (Phi) is 4.20. The van der Waals surface area contributed by atoms with Crippen LogP contribution in [0, 0.1) is 0 Å². The van der Waals surface area contributed by atoms with Crippen molar-refractivity contribution in [2.75, 3.05) is 18.8 Å². The van der Waals surface area contributed by atoms with E-state index in [1.807, 2.05) is 17.0 Å². The molecule has 0 spiro atoms. The number of halogens is 4. The summed E-state index contributed by atoms with van der Waals surface area (Å²) in [6, 6.07) is 5.55. The second kappa shape index (κ2) is 5.54. The Labute approximate surface area is 118 Å². The molecule has 6 heteroatoms. The summed E-state index contributed by atoms with van der Waals surface area (Å²) in [5.74, 6) is 0. The van der Waals surface area contributed by atoms with Gasteiger partial charge in [0.15, 0.2) is 0 Å². The SMILES string of the molecule is Nc1cccc(CN2CC=C(C(F)(F)F)CC2)c1Br. The molecular formula is C13H14BrF3N2. The van der Waals surface area contributed by atoms with E-state index in [9.17, 15) is 13.2 Å². The second-order valence-electron chi connectivity index (χ2n) is 4.53. The van der Waals surface area contributed by atoms with Crippen molar-refractivity contribution in [1.82, 2.24) is 4.90 Å². The number of nitrogen functional groups attached to an aromatic ring is 1. The lowest BCUT2D eigenvalue weighted by atomic mass is 10.1. The van der Waals surface area contributed by atoms with Gasteiger partial charge in [-0.15, -0.1) is 0 Å². The maximum atomic E-state index is 12.5. The fourth-order valence-electron chi connectivity index (χ4n) is 2.07. The highest BCUT2D eigenvalue weighted by atomic mass is 79.9. The van der Waals surface area contributed by atoms with Crippen LogP contribution in [0.4, 0.5) is 18.9 Å². The highest BCUT2D eigenvalue weighted by molar-refractivity contribution is 9.10. The van der Waals surface area contributed by atoms with Gasteiger partial charge in [0, 0.05) is 35.4 Å². The van der Waals surface area contributed by atoms with Gasteiger partial charge in [0.25, 0.3) is 0 Å². The van der Waals surface area contributed by atoms with Gasteiger partial charge >= 0.3 is 6.18 Å². The van der Waals surface area contributed by atoms with Crippen LogP contribution in [-0.2, 0) is 6.54 Å². The molecular weight excluding hydrogens is 321 g/mol. The maximum absolute atomic E-state index is 12.5. The van der Waals surface area contributed by atoms with Gasteiger partial charge in [0.1, 0.15) is 0 Å². The molecule has 0 amide bonds. The van der Waals surface area contributed by atoms with Gasteiger partial charge in [-0.2, -0.15) is 13.2 Å². The fourth-order valence-corrected chi connectivity index (χ4v) is 2.46. The van der Waals surface area contributed by atoms with Crippen LogP contribution >= 0.6 is 15.9 Å². The van der Waals surface area contributed by atoms with Gasteiger partial charge in [0.2, 0.25) is 0 Å². The van der Waals surface area contributed by atoms with Gasteiger partial charge < -0.3 is 5.73 Å². The minimum absolute atomic E-state index is 0.0451. The van der Waals surface area contributed by atoms with Crippen molar-refractivity contribution in [2.24, 2.45) is 0 Å². The minimum Gasteiger partial charge on any atom is -0.398 e. The molecule has 1 heterocycles. The third kappa shape index (κ3) is 3.51. The molecule has 0 aliphatic carbocycles. The molecule has 1 aromatic rings. The summed E-state index contributed by atoms with van der Waals surface area (Å²) in [6.07, 6.45) is -2.88. The third-order valence-corrected chi connectivity index (χ3v) is 4.13. The molecule has 0 unspecified atom stereocenters. The zero-order valence-electron chi connectivity index (χ0n) is 10.2. The predicted octanol–water partition coefficient (Wildman–Crippen LogP) is 3.73. The van der Waals surface area contributed by atoms with Gasteiger partial charge in [-0.3, -0.25) is 4.90 Å². The van der Waals surface area contributed by atoms with Gasteiger partial charge in [-0.05, 0) is 34.0 Å². The van der Waals surface area contributed by atoms with Crippen LogP contribution in [0.3, 0.4) is 0 Å². The first-order chi connectivity index (χ1) is 8.88. The molecule has 1 aliphatic heterocycles. The normalized spacial score (nSPS) is 17.4. The molecule has 0 saturated carbocycles. The largest absolute Gasteiger partial charge is 0.412 e. The van der Waals surface area contributed by atoms with E-state index in [0.717, 1.165) is 10.0 Å². The van der Waals surface area contributed by atoms with Crippen LogP contribution in [0.25, 0.3) is 0 Å². The zero-order chi connectivity index (χ0) is 14.0.